The van der Waals surface area contributed by atoms with Crippen LogP contribution in [0, 0.1) is 12.7 Å². The van der Waals surface area contributed by atoms with E-state index in [1.54, 1.807) is 48.2 Å². The van der Waals surface area contributed by atoms with Gasteiger partial charge in [0, 0.05) is 26.6 Å². The Balaban J connectivity index is 1.91. The molecule has 7 heteroatoms. The summed E-state index contributed by atoms with van der Waals surface area (Å²) >= 11 is 0. The lowest BCUT2D eigenvalue weighted by Gasteiger charge is -2.21. The second-order valence-corrected chi connectivity index (χ2v) is 7.78. The van der Waals surface area contributed by atoms with Gasteiger partial charge in [-0.3, -0.25) is 4.79 Å². The van der Waals surface area contributed by atoms with Crippen LogP contribution in [0.2, 0.25) is 0 Å². The minimum absolute atomic E-state index is 0.125. The summed E-state index contributed by atoms with van der Waals surface area (Å²) in [7, 11) is -3.61. The van der Waals surface area contributed by atoms with Gasteiger partial charge in [0.1, 0.15) is 5.82 Å². The van der Waals surface area contributed by atoms with Gasteiger partial charge in [0.2, 0.25) is 15.9 Å². The molecular weight excluding hydrogens is 355 g/mol. The Kier molecular flexibility index (Phi) is 6.88. The lowest BCUT2D eigenvalue weighted by atomic mass is 10.1. The number of hydrogen-bond acceptors (Lipinski definition) is 3. The Bertz CT molecular complexity index is 851. The van der Waals surface area contributed by atoms with Crippen LogP contribution in [0.1, 0.15) is 18.1 Å². The highest BCUT2D eigenvalue weighted by Gasteiger charge is 2.17. The lowest BCUT2D eigenvalue weighted by Crippen LogP contribution is -2.38. The maximum Gasteiger partial charge on any atom is 0.240 e. The number of benzene rings is 2. The van der Waals surface area contributed by atoms with Gasteiger partial charge in [-0.25, -0.2) is 17.5 Å². The summed E-state index contributed by atoms with van der Waals surface area (Å²) in [4.78, 5) is 13.6. The van der Waals surface area contributed by atoms with E-state index >= 15 is 0 Å². The van der Waals surface area contributed by atoms with E-state index in [4.69, 9.17) is 0 Å². The minimum Gasteiger partial charge on any atom is -0.341 e. The number of sulfonamides is 1. The van der Waals surface area contributed by atoms with Crippen LogP contribution in [0.5, 0.6) is 0 Å². The number of halogens is 1. The standard InChI is InChI=1S/C19H23FN2O3S/c1-15-5-3-4-6-19(15)26(24,25)21-12-14-22(16(2)23)13-11-17-7-9-18(20)10-8-17/h3-10,21H,11-14H2,1-2H3. The summed E-state index contributed by atoms with van der Waals surface area (Å²) < 4.78 is 40.2. The Hall–Kier alpha value is -2.25. The van der Waals surface area contributed by atoms with E-state index in [1.807, 2.05) is 0 Å². The first-order valence-corrected chi connectivity index (χ1v) is 9.83. The molecule has 0 aliphatic carbocycles. The number of nitrogens with one attached hydrogen (secondary N) is 1. The maximum absolute atomic E-state index is 12.9. The Morgan fingerprint density at radius 1 is 1.08 bits per heavy atom. The van der Waals surface area contributed by atoms with Gasteiger partial charge in [-0.15, -0.1) is 0 Å². The zero-order valence-electron chi connectivity index (χ0n) is 14.9. The van der Waals surface area contributed by atoms with Crippen molar-refractivity contribution in [2.75, 3.05) is 19.6 Å². The number of amides is 1. The third-order valence-corrected chi connectivity index (χ3v) is 5.71. The molecule has 26 heavy (non-hydrogen) atoms. The molecule has 0 aliphatic heterocycles. The van der Waals surface area contributed by atoms with Gasteiger partial charge in [-0.05, 0) is 42.7 Å². The molecule has 2 aromatic carbocycles. The van der Waals surface area contributed by atoms with Crippen molar-refractivity contribution in [3.63, 3.8) is 0 Å². The van der Waals surface area contributed by atoms with Gasteiger partial charge in [-0.2, -0.15) is 0 Å². The van der Waals surface area contributed by atoms with Crippen molar-refractivity contribution in [1.82, 2.24) is 9.62 Å². The van der Waals surface area contributed by atoms with Crippen LogP contribution in [-0.4, -0.2) is 38.9 Å². The van der Waals surface area contributed by atoms with Gasteiger partial charge in [0.15, 0.2) is 0 Å². The molecule has 1 amide bonds. The molecule has 0 bridgehead atoms. The summed E-state index contributed by atoms with van der Waals surface area (Å²) in [6, 6.07) is 12.8. The second-order valence-electron chi connectivity index (χ2n) is 6.05. The summed E-state index contributed by atoms with van der Waals surface area (Å²) in [5.41, 5.74) is 1.58. The number of carbonyl (C=O) groups excluding carboxylic acids is 1. The van der Waals surface area contributed by atoms with Gasteiger partial charge in [0.05, 0.1) is 4.90 Å². The van der Waals surface area contributed by atoms with E-state index in [1.165, 1.54) is 19.1 Å². The molecule has 5 nitrogen and oxygen atoms in total. The number of hydrogen-bond donors (Lipinski definition) is 1. The molecule has 0 unspecified atom stereocenters. The molecule has 0 heterocycles. The van der Waals surface area contributed by atoms with Crippen LogP contribution < -0.4 is 4.72 Å². The van der Waals surface area contributed by atoms with Crippen LogP contribution in [-0.2, 0) is 21.2 Å². The Labute approximate surface area is 153 Å². The molecule has 0 saturated heterocycles. The van der Waals surface area contributed by atoms with Crippen molar-refractivity contribution in [2.45, 2.75) is 25.2 Å². The van der Waals surface area contributed by atoms with Crippen molar-refractivity contribution < 1.29 is 17.6 Å². The number of rotatable bonds is 8. The molecule has 2 rings (SSSR count). The topological polar surface area (TPSA) is 66.5 Å². The van der Waals surface area contributed by atoms with Gasteiger partial charge in [-0.1, -0.05) is 30.3 Å². The van der Waals surface area contributed by atoms with E-state index in [2.05, 4.69) is 4.72 Å². The van der Waals surface area contributed by atoms with Crippen LogP contribution in [0.3, 0.4) is 0 Å². The quantitative estimate of drug-likeness (QED) is 0.768. The van der Waals surface area contributed by atoms with Gasteiger partial charge >= 0.3 is 0 Å². The lowest BCUT2D eigenvalue weighted by molar-refractivity contribution is -0.128. The molecule has 0 fully saturated rings. The summed E-state index contributed by atoms with van der Waals surface area (Å²) in [5.74, 6) is -0.440. The molecule has 0 saturated carbocycles. The van der Waals surface area contributed by atoms with Crippen molar-refractivity contribution in [1.29, 1.82) is 0 Å². The fourth-order valence-corrected chi connectivity index (χ4v) is 3.86. The molecule has 0 atom stereocenters. The summed E-state index contributed by atoms with van der Waals surface area (Å²) in [6.07, 6.45) is 0.574. The van der Waals surface area contributed by atoms with E-state index < -0.39 is 10.0 Å². The first kappa shape index (κ1) is 20.1. The fourth-order valence-electron chi connectivity index (χ4n) is 2.59. The van der Waals surface area contributed by atoms with E-state index in [0.717, 1.165) is 5.56 Å². The van der Waals surface area contributed by atoms with Crippen LogP contribution in [0.15, 0.2) is 53.4 Å². The first-order valence-electron chi connectivity index (χ1n) is 8.35. The van der Waals surface area contributed by atoms with Crippen LogP contribution in [0.4, 0.5) is 4.39 Å². The molecule has 0 aliphatic rings. The number of aryl methyl sites for hydroxylation is 1. The van der Waals surface area contributed by atoms with Gasteiger partial charge < -0.3 is 4.90 Å². The van der Waals surface area contributed by atoms with Crippen LogP contribution in [0.25, 0.3) is 0 Å². The molecule has 1 N–H and O–H groups in total. The zero-order chi connectivity index (χ0) is 19.2. The second kappa shape index (κ2) is 8.91. The third kappa shape index (κ3) is 5.64. The highest BCUT2D eigenvalue weighted by molar-refractivity contribution is 7.89. The average molecular weight is 378 g/mol. The van der Waals surface area contributed by atoms with Crippen LogP contribution >= 0.6 is 0 Å². The first-order chi connectivity index (χ1) is 12.3. The molecule has 0 radical (unpaired) electrons. The predicted molar refractivity (Wildman–Crippen MR) is 98.7 cm³/mol. The largest absolute Gasteiger partial charge is 0.341 e. The number of carbonyl (C=O) groups is 1. The highest BCUT2D eigenvalue weighted by Crippen LogP contribution is 2.13. The molecule has 2 aromatic rings. The average Bonchev–Trinajstić information content (AvgIpc) is 2.59. The summed E-state index contributed by atoms with van der Waals surface area (Å²) in [5, 5.41) is 0. The fraction of sp³-hybridized carbons (Fsp3) is 0.316. The maximum atomic E-state index is 12.9. The van der Waals surface area contributed by atoms with E-state index in [9.17, 15) is 17.6 Å². The Morgan fingerprint density at radius 3 is 2.35 bits per heavy atom. The predicted octanol–water partition coefficient (Wildman–Crippen LogP) is 2.50. The third-order valence-electron chi connectivity index (χ3n) is 4.09. The monoisotopic (exact) mass is 378 g/mol. The molecular formula is C19H23FN2O3S. The van der Waals surface area contributed by atoms with E-state index in [0.29, 0.717) is 18.5 Å². The smallest absolute Gasteiger partial charge is 0.240 e. The van der Waals surface area contributed by atoms with Gasteiger partial charge in [0.25, 0.3) is 0 Å². The molecule has 140 valence electrons. The zero-order valence-corrected chi connectivity index (χ0v) is 15.7. The van der Waals surface area contributed by atoms with Crippen molar-refractivity contribution in [2.24, 2.45) is 0 Å². The SMILES string of the molecule is CC(=O)N(CCNS(=O)(=O)c1ccccc1C)CCc1ccc(F)cc1. The van der Waals surface area contributed by atoms with Crippen molar-refractivity contribution in [3.05, 3.63) is 65.5 Å². The molecule has 0 aromatic heterocycles. The normalized spacial score (nSPS) is 11.3. The highest BCUT2D eigenvalue weighted by atomic mass is 32.2. The summed E-state index contributed by atoms with van der Waals surface area (Å²) in [6.45, 7) is 4.01. The Morgan fingerprint density at radius 2 is 1.73 bits per heavy atom. The van der Waals surface area contributed by atoms with Crippen molar-refractivity contribution in [3.8, 4) is 0 Å². The van der Waals surface area contributed by atoms with Crippen molar-refractivity contribution >= 4 is 15.9 Å². The molecule has 0 spiro atoms. The minimum atomic E-state index is -3.61. The van der Waals surface area contributed by atoms with E-state index in [-0.39, 0.29) is 29.7 Å². The number of nitrogens with zero attached hydrogens (tertiary/aromatic N) is 1.